The molecule has 19 heavy (non-hydrogen) atoms. The van der Waals surface area contributed by atoms with Crippen LogP contribution in [0, 0.1) is 6.92 Å². The lowest BCUT2D eigenvalue weighted by Crippen LogP contribution is -2.43. The van der Waals surface area contributed by atoms with E-state index in [4.69, 9.17) is 4.74 Å². The first kappa shape index (κ1) is 16.2. The Labute approximate surface area is 117 Å². The molecule has 4 nitrogen and oxygen atoms in total. The van der Waals surface area contributed by atoms with Gasteiger partial charge in [-0.1, -0.05) is 20.3 Å². The summed E-state index contributed by atoms with van der Waals surface area (Å²) < 4.78 is 7.90. The molecule has 2 atom stereocenters. The zero-order valence-corrected chi connectivity index (χ0v) is 13.1. The molecule has 0 fully saturated rings. The molecule has 2 unspecified atom stereocenters. The van der Waals surface area contributed by atoms with Crippen molar-refractivity contribution in [2.75, 3.05) is 13.2 Å². The van der Waals surface area contributed by atoms with Crippen molar-refractivity contribution in [1.82, 2.24) is 15.1 Å². The van der Waals surface area contributed by atoms with Gasteiger partial charge in [-0.05, 0) is 32.9 Å². The van der Waals surface area contributed by atoms with Gasteiger partial charge in [-0.25, -0.2) is 0 Å². The fraction of sp³-hybridized carbons (Fsp3) is 0.800. The molecule has 1 N–H and O–H groups in total. The molecular weight excluding hydrogens is 238 g/mol. The van der Waals surface area contributed by atoms with Gasteiger partial charge in [0.2, 0.25) is 0 Å². The number of rotatable bonds is 9. The summed E-state index contributed by atoms with van der Waals surface area (Å²) >= 11 is 0. The largest absolute Gasteiger partial charge is 0.377 e. The van der Waals surface area contributed by atoms with Gasteiger partial charge in [-0.15, -0.1) is 0 Å². The smallest absolute Gasteiger partial charge is 0.0731 e. The second-order valence-corrected chi connectivity index (χ2v) is 5.05. The van der Waals surface area contributed by atoms with Crippen LogP contribution in [0.5, 0.6) is 0 Å². The first-order chi connectivity index (χ1) is 9.12. The van der Waals surface area contributed by atoms with Crippen LogP contribution in [-0.4, -0.2) is 35.1 Å². The Hall–Kier alpha value is -0.870. The molecule has 0 bridgehead atoms. The normalized spacial score (nSPS) is 14.6. The lowest BCUT2D eigenvalue weighted by Gasteiger charge is -2.27. The molecule has 0 aromatic carbocycles. The first-order valence-corrected chi connectivity index (χ1v) is 7.46. The second kappa shape index (κ2) is 8.33. The molecule has 0 saturated heterocycles. The predicted octanol–water partition coefficient (Wildman–Crippen LogP) is 2.45. The van der Waals surface area contributed by atoms with E-state index in [0.29, 0.717) is 6.04 Å². The molecule has 0 amide bonds. The van der Waals surface area contributed by atoms with E-state index in [1.807, 2.05) is 18.7 Å². The van der Waals surface area contributed by atoms with Crippen LogP contribution in [0.3, 0.4) is 0 Å². The van der Waals surface area contributed by atoms with Crippen molar-refractivity contribution in [3.63, 3.8) is 0 Å². The van der Waals surface area contributed by atoms with Crippen LogP contribution in [0.25, 0.3) is 0 Å². The molecule has 0 spiro atoms. The quantitative estimate of drug-likeness (QED) is 0.747. The van der Waals surface area contributed by atoms with E-state index in [9.17, 15) is 0 Å². The van der Waals surface area contributed by atoms with Crippen molar-refractivity contribution in [3.05, 3.63) is 17.5 Å². The number of aryl methyl sites for hydroxylation is 2. The third kappa shape index (κ3) is 4.96. The first-order valence-electron chi connectivity index (χ1n) is 7.46. The fourth-order valence-electron chi connectivity index (χ4n) is 2.58. The van der Waals surface area contributed by atoms with E-state index in [-0.39, 0.29) is 6.10 Å². The Morgan fingerprint density at radius 2 is 2.11 bits per heavy atom. The highest BCUT2D eigenvalue weighted by Crippen LogP contribution is 2.14. The van der Waals surface area contributed by atoms with Crippen molar-refractivity contribution in [2.45, 2.75) is 59.1 Å². The maximum atomic E-state index is 5.92. The molecule has 0 saturated carbocycles. The van der Waals surface area contributed by atoms with Gasteiger partial charge in [0.1, 0.15) is 0 Å². The Bertz CT molecular complexity index is 356. The molecule has 4 heteroatoms. The third-order valence-corrected chi connectivity index (χ3v) is 3.40. The third-order valence-electron chi connectivity index (χ3n) is 3.40. The van der Waals surface area contributed by atoms with E-state index in [1.165, 1.54) is 5.69 Å². The summed E-state index contributed by atoms with van der Waals surface area (Å²) in [5.74, 6) is 0. The van der Waals surface area contributed by atoms with Crippen LogP contribution in [0.1, 0.15) is 45.0 Å². The van der Waals surface area contributed by atoms with Crippen molar-refractivity contribution in [2.24, 2.45) is 7.05 Å². The summed E-state index contributed by atoms with van der Waals surface area (Å²) in [6.45, 7) is 10.2. The van der Waals surface area contributed by atoms with Crippen LogP contribution in [0.15, 0.2) is 6.07 Å². The van der Waals surface area contributed by atoms with Crippen LogP contribution in [0.4, 0.5) is 0 Å². The number of nitrogens with zero attached hydrogens (tertiary/aromatic N) is 2. The number of aromatic nitrogens is 2. The second-order valence-electron chi connectivity index (χ2n) is 5.05. The number of nitrogens with one attached hydrogen (secondary N) is 1. The highest BCUT2D eigenvalue weighted by Gasteiger charge is 2.22. The minimum atomic E-state index is 0.283. The standard InChI is InChI=1S/C15H29N3O/c1-6-9-15(19-8-3)14(16-7-2)11-13-10-12(4)17-18(13)5/h10,14-16H,6-9,11H2,1-5H3. The van der Waals surface area contributed by atoms with Crippen LogP contribution in [-0.2, 0) is 18.2 Å². The van der Waals surface area contributed by atoms with Gasteiger partial charge in [0, 0.05) is 31.8 Å². The summed E-state index contributed by atoms with van der Waals surface area (Å²) in [6.07, 6.45) is 3.50. The molecule has 0 aliphatic carbocycles. The summed E-state index contributed by atoms with van der Waals surface area (Å²) in [5, 5.41) is 7.99. The zero-order valence-electron chi connectivity index (χ0n) is 13.1. The number of likely N-dealkylation sites (N-methyl/N-ethyl adjacent to an activating group) is 1. The molecule has 110 valence electrons. The highest BCUT2D eigenvalue weighted by atomic mass is 16.5. The number of ether oxygens (including phenoxy) is 1. The van der Waals surface area contributed by atoms with Gasteiger partial charge >= 0.3 is 0 Å². The summed E-state index contributed by atoms with van der Waals surface area (Å²) in [7, 11) is 2.01. The lowest BCUT2D eigenvalue weighted by molar-refractivity contribution is 0.0281. The molecule has 0 aliphatic heterocycles. The topological polar surface area (TPSA) is 39.1 Å². The minimum absolute atomic E-state index is 0.283. The van der Waals surface area contributed by atoms with E-state index in [0.717, 1.165) is 38.1 Å². The number of hydrogen-bond acceptors (Lipinski definition) is 3. The Kier molecular flexibility index (Phi) is 7.10. The van der Waals surface area contributed by atoms with Gasteiger partial charge in [0.15, 0.2) is 0 Å². The highest BCUT2D eigenvalue weighted by molar-refractivity contribution is 5.10. The summed E-state index contributed by atoms with van der Waals surface area (Å²) in [4.78, 5) is 0. The van der Waals surface area contributed by atoms with Crippen molar-refractivity contribution in [1.29, 1.82) is 0 Å². The Morgan fingerprint density at radius 1 is 1.37 bits per heavy atom. The van der Waals surface area contributed by atoms with Crippen LogP contribution in [0.2, 0.25) is 0 Å². The molecule has 1 rings (SSSR count). The van der Waals surface area contributed by atoms with E-state index in [2.05, 4.69) is 37.3 Å². The molecule has 1 aromatic heterocycles. The van der Waals surface area contributed by atoms with Crippen molar-refractivity contribution >= 4 is 0 Å². The molecule has 0 aliphatic rings. The van der Waals surface area contributed by atoms with E-state index in [1.54, 1.807) is 0 Å². The lowest BCUT2D eigenvalue weighted by atomic mass is 10.0. The van der Waals surface area contributed by atoms with E-state index < -0.39 is 0 Å². The molecule has 1 aromatic rings. The summed E-state index contributed by atoms with van der Waals surface area (Å²) in [5.41, 5.74) is 2.35. The Morgan fingerprint density at radius 3 is 2.58 bits per heavy atom. The van der Waals surface area contributed by atoms with Gasteiger partial charge in [-0.3, -0.25) is 4.68 Å². The summed E-state index contributed by atoms with van der Waals surface area (Å²) in [6, 6.07) is 2.53. The molecule has 1 heterocycles. The van der Waals surface area contributed by atoms with Crippen LogP contribution >= 0.6 is 0 Å². The maximum absolute atomic E-state index is 5.92. The van der Waals surface area contributed by atoms with Gasteiger partial charge in [-0.2, -0.15) is 5.10 Å². The van der Waals surface area contributed by atoms with Crippen molar-refractivity contribution in [3.8, 4) is 0 Å². The monoisotopic (exact) mass is 267 g/mol. The Balaban J connectivity index is 2.77. The molecular formula is C15H29N3O. The SMILES string of the molecule is CCCC(OCC)C(Cc1cc(C)nn1C)NCC. The van der Waals surface area contributed by atoms with Gasteiger partial charge in [0.05, 0.1) is 11.8 Å². The maximum Gasteiger partial charge on any atom is 0.0731 e. The molecule has 0 radical (unpaired) electrons. The van der Waals surface area contributed by atoms with E-state index >= 15 is 0 Å². The van der Waals surface area contributed by atoms with Crippen molar-refractivity contribution < 1.29 is 4.74 Å². The van der Waals surface area contributed by atoms with Gasteiger partial charge < -0.3 is 10.1 Å². The predicted molar refractivity (Wildman–Crippen MR) is 79.4 cm³/mol. The average molecular weight is 267 g/mol. The van der Waals surface area contributed by atoms with Crippen LogP contribution < -0.4 is 5.32 Å². The zero-order chi connectivity index (χ0) is 14.3. The number of hydrogen-bond donors (Lipinski definition) is 1. The average Bonchev–Trinajstić information content (AvgIpc) is 2.67. The fourth-order valence-corrected chi connectivity index (χ4v) is 2.58. The minimum Gasteiger partial charge on any atom is -0.377 e. The van der Waals surface area contributed by atoms with Gasteiger partial charge in [0.25, 0.3) is 0 Å².